The van der Waals surface area contributed by atoms with Gasteiger partial charge in [-0.25, -0.2) is 4.79 Å². The van der Waals surface area contributed by atoms with Crippen LogP contribution in [0.15, 0.2) is 29.8 Å². The van der Waals surface area contributed by atoms with Gasteiger partial charge in [-0.2, -0.15) is 0 Å². The molecule has 1 aliphatic rings. The molecule has 0 atom stereocenters. The summed E-state index contributed by atoms with van der Waals surface area (Å²) in [6, 6.07) is 7.74. The molecule has 0 bridgehead atoms. The highest BCUT2D eigenvalue weighted by atomic mass is 16.4. The molecule has 1 aromatic carbocycles. The Labute approximate surface area is 82.9 Å². The molecule has 0 fully saturated rings. The summed E-state index contributed by atoms with van der Waals surface area (Å²) in [6.07, 6.45) is 1.82. The smallest absolute Gasteiger partial charge is 0.336 e. The van der Waals surface area contributed by atoms with Crippen molar-refractivity contribution in [2.45, 2.75) is 19.8 Å². The van der Waals surface area contributed by atoms with E-state index >= 15 is 0 Å². The maximum Gasteiger partial charge on any atom is 0.336 e. The van der Waals surface area contributed by atoms with Crippen molar-refractivity contribution in [1.29, 1.82) is 0 Å². The third-order valence-electron chi connectivity index (χ3n) is 2.70. The van der Waals surface area contributed by atoms with E-state index in [2.05, 4.69) is 0 Å². The largest absolute Gasteiger partial charge is 0.478 e. The predicted octanol–water partition coefficient (Wildman–Crippen LogP) is 2.49. The molecule has 0 aromatic heterocycles. The number of carboxylic acids is 1. The van der Waals surface area contributed by atoms with Crippen LogP contribution >= 0.6 is 0 Å². The van der Waals surface area contributed by atoms with Gasteiger partial charge in [0.05, 0.1) is 5.57 Å². The van der Waals surface area contributed by atoms with Crippen LogP contribution in [0.3, 0.4) is 0 Å². The summed E-state index contributed by atoms with van der Waals surface area (Å²) in [5, 5.41) is 9.10. The summed E-state index contributed by atoms with van der Waals surface area (Å²) >= 11 is 0. The van der Waals surface area contributed by atoms with Crippen molar-refractivity contribution in [3.8, 4) is 0 Å². The average Bonchev–Trinajstić information content (AvgIpc) is 2.17. The van der Waals surface area contributed by atoms with E-state index in [-0.39, 0.29) is 0 Å². The average molecular weight is 188 g/mol. The lowest BCUT2D eigenvalue weighted by Gasteiger charge is -2.18. The molecule has 0 saturated carbocycles. The van der Waals surface area contributed by atoms with Gasteiger partial charge in [-0.05, 0) is 30.9 Å². The zero-order valence-electron chi connectivity index (χ0n) is 8.08. The third kappa shape index (κ3) is 1.33. The zero-order valence-corrected chi connectivity index (χ0v) is 8.08. The number of benzene rings is 1. The maximum atomic E-state index is 11.1. The first kappa shape index (κ1) is 9.00. The van der Waals surface area contributed by atoms with Gasteiger partial charge in [-0.15, -0.1) is 0 Å². The van der Waals surface area contributed by atoms with Crippen LogP contribution in [0.25, 0.3) is 5.57 Å². The Balaban J connectivity index is 2.62. The molecule has 0 heterocycles. The Kier molecular flexibility index (Phi) is 2.12. The van der Waals surface area contributed by atoms with E-state index in [1.807, 2.05) is 31.2 Å². The van der Waals surface area contributed by atoms with Gasteiger partial charge < -0.3 is 5.11 Å². The van der Waals surface area contributed by atoms with Crippen molar-refractivity contribution in [3.05, 3.63) is 41.0 Å². The molecule has 14 heavy (non-hydrogen) atoms. The second-order valence-corrected chi connectivity index (χ2v) is 3.62. The van der Waals surface area contributed by atoms with E-state index in [4.69, 9.17) is 5.11 Å². The fourth-order valence-electron chi connectivity index (χ4n) is 1.96. The molecule has 0 saturated heterocycles. The van der Waals surface area contributed by atoms with Crippen molar-refractivity contribution in [2.24, 2.45) is 0 Å². The van der Waals surface area contributed by atoms with E-state index in [1.54, 1.807) is 0 Å². The topological polar surface area (TPSA) is 37.3 Å². The van der Waals surface area contributed by atoms with Gasteiger partial charge in [0.1, 0.15) is 0 Å². The van der Waals surface area contributed by atoms with Gasteiger partial charge in [-0.1, -0.05) is 29.8 Å². The molecule has 0 aliphatic heterocycles. The molecule has 2 heteroatoms. The Morgan fingerprint density at radius 3 is 2.71 bits per heavy atom. The minimum absolute atomic E-state index is 0.492. The molecular formula is C12H12O2. The Morgan fingerprint density at radius 1 is 1.29 bits per heavy atom. The van der Waals surface area contributed by atoms with Crippen molar-refractivity contribution in [2.75, 3.05) is 0 Å². The van der Waals surface area contributed by atoms with Crippen molar-refractivity contribution < 1.29 is 9.90 Å². The molecule has 1 N–H and O–H groups in total. The van der Waals surface area contributed by atoms with Crippen LogP contribution in [-0.4, -0.2) is 11.1 Å². The van der Waals surface area contributed by atoms with Gasteiger partial charge in [0, 0.05) is 0 Å². The Hall–Kier alpha value is -1.57. The minimum Gasteiger partial charge on any atom is -0.478 e. The molecular weight excluding hydrogens is 176 g/mol. The van der Waals surface area contributed by atoms with Crippen LogP contribution in [-0.2, 0) is 11.2 Å². The normalized spacial score (nSPS) is 15.2. The predicted molar refractivity (Wildman–Crippen MR) is 55.0 cm³/mol. The minimum atomic E-state index is -0.811. The highest BCUT2D eigenvalue weighted by molar-refractivity contribution is 6.17. The summed E-state index contributed by atoms with van der Waals surface area (Å²) in [4.78, 5) is 11.1. The summed E-state index contributed by atoms with van der Waals surface area (Å²) < 4.78 is 0. The number of aryl methyl sites for hydroxylation is 1. The summed E-state index contributed by atoms with van der Waals surface area (Å²) in [5.74, 6) is -0.811. The fraction of sp³-hybridized carbons (Fsp3) is 0.250. The molecule has 0 unspecified atom stereocenters. The van der Waals surface area contributed by atoms with Crippen LogP contribution in [0.4, 0.5) is 0 Å². The number of carboxylic acid groups (broad SMARTS) is 1. The first-order valence-corrected chi connectivity index (χ1v) is 4.71. The molecule has 2 nitrogen and oxygen atoms in total. The van der Waals surface area contributed by atoms with E-state index in [1.165, 1.54) is 0 Å². The lowest BCUT2D eigenvalue weighted by Crippen LogP contribution is -2.10. The SMILES string of the molecule is CC1=C(C(=O)O)c2ccccc2CC1. The third-order valence-corrected chi connectivity index (χ3v) is 2.70. The monoisotopic (exact) mass is 188 g/mol. The van der Waals surface area contributed by atoms with Gasteiger partial charge in [-0.3, -0.25) is 0 Å². The quantitative estimate of drug-likeness (QED) is 0.735. The zero-order chi connectivity index (χ0) is 10.1. The van der Waals surface area contributed by atoms with Crippen LogP contribution in [0.5, 0.6) is 0 Å². The second kappa shape index (κ2) is 3.29. The van der Waals surface area contributed by atoms with Crippen LogP contribution in [0, 0.1) is 0 Å². The second-order valence-electron chi connectivity index (χ2n) is 3.62. The van der Waals surface area contributed by atoms with Crippen LogP contribution in [0.2, 0.25) is 0 Å². The molecule has 1 aliphatic carbocycles. The molecule has 0 amide bonds. The van der Waals surface area contributed by atoms with Crippen molar-refractivity contribution >= 4 is 11.5 Å². The van der Waals surface area contributed by atoms with E-state index in [0.29, 0.717) is 5.57 Å². The number of hydrogen-bond acceptors (Lipinski definition) is 1. The Morgan fingerprint density at radius 2 is 2.00 bits per heavy atom. The molecule has 1 aromatic rings. The first-order valence-electron chi connectivity index (χ1n) is 4.71. The molecule has 2 rings (SSSR count). The number of aliphatic carboxylic acids is 1. The highest BCUT2D eigenvalue weighted by Gasteiger charge is 2.20. The number of allylic oxidation sites excluding steroid dienone is 1. The van der Waals surface area contributed by atoms with Gasteiger partial charge in [0.25, 0.3) is 0 Å². The van der Waals surface area contributed by atoms with Gasteiger partial charge in [0.2, 0.25) is 0 Å². The fourth-order valence-corrected chi connectivity index (χ4v) is 1.96. The standard InChI is InChI=1S/C12H12O2/c1-8-6-7-9-4-2-3-5-10(9)11(8)12(13)14/h2-5H,6-7H2,1H3,(H,13,14). The first-order chi connectivity index (χ1) is 6.70. The summed E-state index contributed by atoms with van der Waals surface area (Å²) in [6.45, 7) is 1.90. The highest BCUT2D eigenvalue weighted by Crippen LogP contribution is 2.30. The van der Waals surface area contributed by atoms with Crippen LogP contribution in [0.1, 0.15) is 24.5 Å². The number of fused-ring (bicyclic) bond motifs is 1. The van der Waals surface area contributed by atoms with Gasteiger partial charge in [0.15, 0.2) is 0 Å². The molecule has 0 spiro atoms. The Bertz CT molecular complexity index is 416. The summed E-state index contributed by atoms with van der Waals surface area (Å²) in [5.41, 5.74) is 3.52. The van der Waals surface area contributed by atoms with Crippen molar-refractivity contribution in [3.63, 3.8) is 0 Å². The maximum absolute atomic E-state index is 11.1. The lowest BCUT2D eigenvalue weighted by atomic mass is 9.86. The van der Waals surface area contributed by atoms with E-state index in [0.717, 1.165) is 29.5 Å². The van der Waals surface area contributed by atoms with Crippen molar-refractivity contribution in [1.82, 2.24) is 0 Å². The molecule has 0 radical (unpaired) electrons. The van der Waals surface area contributed by atoms with E-state index < -0.39 is 5.97 Å². The van der Waals surface area contributed by atoms with Gasteiger partial charge >= 0.3 is 5.97 Å². The van der Waals surface area contributed by atoms with Crippen LogP contribution < -0.4 is 0 Å². The summed E-state index contributed by atoms with van der Waals surface area (Å²) in [7, 11) is 0. The number of rotatable bonds is 1. The lowest BCUT2D eigenvalue weighted by molar-refractivity contribution is -0.130. The molecule has 72 valence electrons. The number of hydrogen-bond donors (Lipinski definition) is 1. The number of carbonyl (C=O) groups is 1. The van der Waals surface area contributed by atoms with E-state index in [9.17, 15) is 4.79 Å².